The monoisotopic (exact) mass is 510 g/mol. The van der Waals surface area contributed by atoms with E-state index in [0.29, 0.717) is 22.7 Å². The Labute approximate surface area is 197 Å². The summed E-state index contributed by atoms with van der Waals surface area (Å²) in [4.78, 5) is 38.7. The standard InChI is InChI=1S/C24H16BrClN2O4/c1-14-2-12-19(13-3-14)32-24(31)15-4-8-17(9-5-15)27-21-20(26)22(29)28(23(21)30)18-10-6-16(25)7-11-18/h2-13,27H,1H3. The van der Waals surface area contributed by atoms with Gasteiger partial charge in [-0.25, -0.2) is 9.69 Å². The first-order valence-corrected chi connectivity index (χ1v) is 10.7. The van der Waals surface area contributed by atoms with Crippen LogP contribution in [0.2, 0.25) is 0 Å². The molecule has 0 aromatic heterocycles. The van der Waals surface area contributed by atoms with E-state index in [0.717, 1.165) is 14.9 Å². The molecule has 0 spiro atoms. The highest BCUT2D eigenvalue weighted by Crippen LogP contribution is 2.31. The highest BCUT2D eigenvalue weighted by atomic mass is 79.9. The third-order valence-electron chi connectivity index (χ3n) is 4.73. The molecule has 1 N–H and O–H groups in total. The van der Waals surface area contributed by atoms with E-state index in [1.54, 1.807) is 60.7 Å². The summed E-state index contributed by atoms with van der Waals surface area (Å²) in [6.07, 6.45) is 0. The van der Waals surface area contributed by atoms with Crippen LogP contribution >= 0.6 is 27.5 Å². The van der Waals surface area contributed by atoms with Crippen LogP contribution in [0.3, 0.4) is 0 Å². The molecule has 2 amide bonds. The van der Waals surface area contributed by atoms with Gasteiger partial charge >= 0.3 is 5.97 Å². The van der Waals surface area contributed by atoms with E-state index in [1.165, 1.54) is 0 Å². The van der Waals surface area contributed by atoms with Crippen molar-refractivity contribution < 1.29 is 19.1 Å². The van der Waals surface area contributed by atoms with E-state index < -0.39 is 17.8 Å². The van der Waals surface area contributed by atoms with Crippen molar-refractivity contribution in [1.29, 1.82) is 0 Å². The first-order valence-electron chi connectivity index (χ1n) is 9.53. The topological polar surface area (TPSA) is 75.7 Å². The molecule has 0 radical (unpaired) electrons. The van der Waals surface area contributed by atoms with Crippen molar-refractivity contribution in [3.05, 3.63) is 99.1 Å². The molecule has 0 unspecified atom stereocenters. The van der Waals surface area contributed by atoms with Gasteiger partial charge in [-0.15, -0.1) is 0 Å². The van der Waals surface area contributed by atoms with Crippen molar-refractivity contribution in [2.75, 3.05) is 10.2 Å². The number of halogens is 2. The number of carbonyl (C=O) groups excluding carboxylic acids is 3. The zero-order valence-corrected chi connectivity index (χ0v) is 19.1. The molecule has 3 aromatic rings. The molecule has 1 aliphatic heterocycles. The Balaban J connectivity index is 1.47. The second kappa shape index (κ2) is 8.98. The summed E-state index contributed by atoms with van der Waals surface area (Å²) < 4.78 is 6.17. The average Bonchev–Trinajstić information content (AvgIpc) is 3.00. The van der Waals surface area contributed by atoms with Gasteiger partial charge in [0.2, 0.25) is 0 Å². The summed E-state index contributed by atoms with van der Waals surface area (Å²) >= 11 is 9.47. The van der Waals surface area contributed by atoms with Crippen LogP contribution in [0.4, 0.5) is 11.4 Å². The van der Waals surface area contributed by atoms with E-state index >= 15 is 0 Å². The second-order valence-corrected chi connectivity index (χ2v) is 8.31. The number of amides is 2. The minimum absolute atomic E-state index is 0.0328. The highest BCUT2D eigenvalue weighted by Gasteiger charge is 2.38. The van der Waals surface area contributed by atoms with Crippen LogP contribution in [0.5, 0.6) is 5.75 Å². The van der Waals surface area contributed by atoms with E-state index in [4.69, 9.17) is 16.3 Å². The number of rotatable bonds is 5. The van der Waals surface area contributed by atoms with Gasteiger partial charge in [0.25, 0.3) is 11.8 Å². The van der Waals surface area contributed by atoms with Gasteiger partial charge in [0, 0.05) is 10.2 Å². The van der Waals surface area contributed by atoms with Gasteiger partial charge < -0.3 is 10.1 Å². The zero-order valence-electron chi connectivity index (χ0n) is 16.8. The lowest BCUT2D eigenvalue weighted by Crippen LogP contribution is -2.32. The minimum Gasteiger partial charge on any atom is -0.423 e. The number of nitrogens with zero attached hydrogens (tertiary/aromatic N) is 1. The summed E-state index contributed by atoms with van der Waals surface area (Å²) in [6.45, 7) is 1.94. The molecule has 0 saturated carbocycles. The van der Waals surface area contributed by atoms with Crippen LogP contribution in [-0.4, -0.2) is 17.8 Å². The number of nitrogens with one attached hydrogen (secondary N) is 1. The largest absolute Gasteiger partial charge is 0.423 e. The Morgan fingerprint density at radius 1 is 0.906 bits per heavy atom. The molecule has 1 aliphatic rings. The molecule has 160 valence electrons. The third kappa shape index (κ3) is 4.44. The fourth-order valence-electron chi connectivity index (χ4n) is 3.04. The van der Waals surface area contributed by atoms with Gasteiger partial charge in [-0.2, -0.15) is 0 Å². The molecule has 32 heavy (non-hydrogen) atoms. The predicted octanol–water partition coefficient (Wildman–Crippen LogP) is 5.41. The fourth-order valence-corrected chi connectivity index (χ4v) is 3.52. The molecule has 0 fully saturated rings. The van der Waals surface area contributed by atoms with Crippen molar-refractivity contribution in [3.8, 4) is 5.75 Å². The SMILES string of the molecule is Cc1ccc(OC(=O)c2ccc(NC3=C(Cl)C(=O)N(c4ccc(Br)cc4)C3=O)cc2)cc1. The molecule has 8 heteroatoms. The highest BCUT2D eigenvalue weighted by molar-refractivity contribution is 9.10. The molecule has 0 bridgehead atoms. The Hall–Kier alpha value is -3.42. The van der Waals surface area contributed by atoms with Gasteiger partial charge in [0.05, 0.1) is 11.3 Å². The smallest absolute Gasteiger partial charge is 0.343 e. The van der Waals surface area contributed by atoms with Crippen molar-refractivity contribution >= 4 is 56.7 Å². The van der Waals surface area contributed by atoms with Crippen LogP contribution in [-0.2, 0) is 9.59 Å². The molecule has 3 aromatic carbocycles. The zero-order chi connectivity index (χ0) is 22.8. The molecular weight excluding hydrogens is 496 g/mol. The van der Waals surface area contributed by atoms with Crippen molar-refractivity contribution in [2.24, 2.45) is 0 Å². The molecule has 0 atom stereocenters. The summed E-state index contributed by atoms with van der Waals surface area (Å²) in [6, 6.07) is 20.2. The van der Waals surface area contributed by atoms with Crippen molar-refractivity contribution in [2.45, 2.75) is 6.92 Å². The minimum atomic E-state index is -0.611. The lowest BCUT2D eigenvalue weighted by molar-refractivity contribution is -0.120. The molecular formula is C24H16BrClN2O4. The first-order chi connectivity index (χ1) is 15.3. The van der Waals surface area contributed by atoms with Gasteiger partial charge in [-0.05, 0) is 67.6 Å². The quantitative estimate of drug-likeness (QED) is 0.281. The first kappa shape index (κ1) is 21.8. The Morgan fingerprint density at radius 3 is 2.16 bits per heavy atom. The van der Waals surface area contributed by atoms with Gasteiger partial charge in [-0.3, -0.25) is 9.59 Å². The van der Waals surface area contributed by atoms with Gasteiger partial charge in [0.15, 0.2) is 0 Å². The number of aryl methyl sites for hydroxylation is 1. The van der Waals surface area contributed by atoms with Crippen LogP contribution < -0.4 is 15.0 Å². The second-order valence-electron chi connectivity index (χ2n) is 7.02. The van der Waals surface area contributed by atoms with Crippen LogP contribution in [0.1, 0.15) is 15.9 Å². The predicted molar refractivity (Wildman–Crippen MR) is 126 cm³/mol. The van der Waals surface area contributed by atoms with Crippen molar-refractivity contribution in [1.82, 2.24) is 0 Å². The molecule has 4 rings (SSSR count). The maximum absolute atomic E-state index is 12.8. The third-order valence-corrected chi connectivity index (χ3v) is 5.61. The Bertz CT molecular complexity index is 1240. The number of hydrogen-bond acceptors (Lipinski definition) is 5. The maximum atomic E-state index is 12.8. The summed E-state index contributed by atoms with van der Waals surface area (Å²) in [5, 5.41) is 2.67. The molecule has 0 aliphatic carbocycles. The van der Waals surface area contributed by atoms with E-state index in [-0.39, 0.29) is 10.7 Å². The summed E-state index contributed by atoms with van der Waals surface area (Å²) in [5.41, 5.74) is 2.26. The van der Waals surface area contributed by atoms with E-state index in [1.807, 2.05) is 19.1 Å². The van der Waals surface area contributed by atoms with Gasteiger partial charge in [0.1, 0.15) is 16.5 Å². The Kier molecular flexibility index (Phi) is 6.12. The van der Waals surface area contributed by atoms with E-state index in [2.05, 4.69) is 21.2 Å². The number of hydrogen-bond donors (Lipinski definition) is 1. The summed E-state index contributed by atoms with van der Waals surface area (Å²) in [7, 11) is 0. The van der Waals surface area contributed by atoms with E-state index in [9.17, 15) is 14.4 Å². The number of imide groups is 1. The van der Waals surface area contributed by atoms with Crippen LogP contribution in [0.25, 0.3) is 0 Å². The van der Waals surface area contributed by atoms with Crippen LogP contribution in [0, 0.1) is 6.92 Å². The molecule has 6 nitrogen and oxygen atoms in total. The number of esters is 1. The molecule has 0 saturated heterocycles. The summed E-state index contributed by atoms with van der Waals surface area (Å²) in [5.74, 6) is -1.24. The fraction of sp³-hybridized carbons (Fsp3) is 0.0417. The van der Waals surface area contributed by atoms with Crippen LogP contribution in [0.15, 0.2) is 88.0 Å². The lowest BCUT2D eigenvalue weighted by atomic mass is 10.2. The number of benzene rings is 3. The number of ether oxygens (including phenoxy) is 1. The normalized spacial score (nSPS) is 13.5. The number of anilines is 2. The maximum Gasteiger partial charge on any atom is 0.343 e. The van der Waals surface area contributed by atoms with Crippen molar-refractivity contribution in [3.63, 3.8) is 0 Å². The Morgan fingerprint density at radius 2 is 1.53 bits per heavy atom. The number of carbonyl (C=O) groups is 3. The molecule has 1 heterocycles. The lowest BCUT2D eigenvalue weighted by Gasteiger charge is -2.15. The van der Waals surface area contributed by atoms with Gasteiger partial charge in [-0.1, -0.05) is 45.2 Å². The average molecular weight is 512 g/mol.